The molecule has 0 aliphatic carbocycles. The Bertz CT molecular complexity index is 446. The summed E-state index contributed by atoms with van der Waals surface area (Å²) < 4.78 is 45.5. The molecule has 2 N–H and O–H groups in total. The van der Waals surface area contributed by atoms with Gasteiger partial charge in [-0.2, -0.15) is 13.2 Å². The highest BCUT2D eigenvalue weighted by Gasteiger charge is 2.26. The number of benzene rings is 1. The fraction of sp³-hybridized carbons (Fsp3) is 0.417. The number of para-hydroxylation sites is 1. The van der Waals surface area contributed by atoms with Crippen LogP contribution < -0.4 is 10.5 Å². The monoisotopic (exact) mass is 277 g/mol. The zero-order valence-corrected chi connectivity index (χ0v) is 10.3. The van der Waals surface area contributed by atoms with Crippen LogP contribution >= 0.6 is 0 Å². The Labute approximate surface area is 108 Å². The van der Waals surface area contributed by atoms with E-state index >= 15 is 0 Å². The number of ether oxygens (including phenoxy) is 2. The SMILES string of the molecule is COC(=O)c1cccc(OCCCC(F)(F)F)c1N. The maximum absolute atomic E-state index is 11.9. The highest BCUT2D eigenvalue weighted by atomic mass is 19.4. The third-order valence-corrected chi connectivity index (χ3v) is 2.33. The predicted molar refractivity (Wildman–Crippen MR) is 63.0 cm³/mol. The van der Waals surface area contributed by atoms with Crippen molar-refractivity contribution in [1.82, 2.24) is 0 Å². The van der Waals surface area contributed by atoms with Gasteiger partial charge in [0.25, 0.3) is 0 Å². The van der Waals surface area contributed by atoms with Crippen molar-refractivity contribution < 1.29 is 27.4 Å². The number of hydrogen-bond acceptors (Lipinski definition) is 4. The first-order chi connectivity index (χ1) is 8.85. The number of methoxy groups -OCH3 is 1. The van der Waals surface area contributed by atoms with Crippen LogP contribution in [0.25, 0.3) is 0 Å². The molecule has 7 heteroatoms. The minimum atomic E-state index is -4.21. The van der Waals surface area contributed by atoms with Gasteiger partial charge in [-0.3, -0.25) is 0 Å². The molecule has 0 saturated heterocycles. The van der Waals surface area contributed by atoms with E-state index in [0.29, 0.717) is 0 Å². The van der Waals surface area contributed by atoms with Crippen LogP contribution in [0.4, 0.5) is 18.9 Å². The molecule has 1 aromatic carbocycles. The number of alkyl halides is 3. The van der Waals surface area contributed by atoms with Crippen molar-refractivity contribution in [3.63, 3.8) is 0 Å². The molecule has 1 aromatic rings. The fourth-order valence-electron chi connectivity index (χ4n) is 1.41. The Morgan fingerprint density at radius 1 is 1.37 bits per heavy atom. The lowest BCUT2D eigenvalue weighted by atomic mass is 10.1. The molecule has 0 atom stereocenters. The van der Waals surface area contributed by atoms with Gasteiger partial charge in [0.05, 0.1) is 25.0 Å². The van der Waals surface area contributed by atoms with Crippen molar-refractivity contribution in [2.75, 3.05) is 19.5 Å². The molecule has 0 fully saturated rings. The Morgan fingerprint density at radius 3 is 2.63 bits per heavy atom. The van der Waals surface area contributed by atoms with Gasteiger partial charge in [0.15, 0.2) is 0 Å². The van der Waals surface area contributed by atoms with Crippen molar-refractivity contribution in [1.29, 1.82) is 0 Å². The van der Waals surface area contributed by atoms with E-state index in [-0.39, 0.29) is 30.0 Å². The summed E-state index contributed by atoms with van der Waals surface area (Å²) in [5.74, 6) is -0.455. The van der Waals surface area contributed by atoms with Crippen molar-refractivity contribution in [3.05, 3.63) is 23.8 Å². The molecule has 0 saturated carbocycles. The summed E-state index contributed by atoms with van der Waals surface area (Å²) >= 11 is 0. The molecular weight excluding hydrogens is 263 g/mol. The summed E-state index contributed by atoms with van der Waals surface area (Å²) in [6, 6.07) is 4.45. The summed E-state index contributed by atoms with van der Waals surface area (Å²) in [4.78, 5) is 11.3. The lowest BCUT2D eigenvalue weighted by Gasteiger charge is -2.12. The minimum absolute atomic E-state index is 0.0568. The molecule has 0 unspecified atom stereocenters. The molecule has 0 aliphatic heterocycles. The second-order valence-corrected chi connectivity index (χ2v) is 3.78. The Balaban J connectivity index is 2.62. The molecule has 0 aliphatic rings. The number of rotatable bonds is 5. The number of esters is 1. The maximum Gasteiger partial charge on any atom is 0.389 e. The van der Waals surface area contributed by atoms with Gasteiger partial charge in [0.2, 0.25) is 0 Å². The number of hydrogen-bond donors (Lipinski definition) is 1. The van der Waals surface area contributed by atoms with Crippen molar-refractivity contribution >= 4 is 11.7 Å². The lowest BCUT2D eigenvalue weighted by Crippen LogP contribution is -2.11. The Hall–Kier alpha value is -1.92. The van der Waals surface area contributed by atoms with Crippen LogP contribution in [-0.2, 0) is 4.74 Å². The minimum Gasteiger partial charge on any atom is -0.491 e. The van der Waals surface area contributed by atoms with Gasteiger partial charge >= 0.3 is 12.1 Å². The summed E-state index contributed by atoms with van der Waals surface area (Å²) in [7, 11) is 1.21. The first-order valence-corrected chi connectivity index (χ1v) is 5.51. The zero-order valence-electron chi connectivity index (χ0n) is 10.3. The number of carbonyl (C=O) groups excluding carboxylic acids is 1. The van der Waals surface area contributed by atoms with Crippen LogP contribution in [0.3, 0.4) is 0 Å². The first kappa shape index (κ1) is 15.1. The molecule has 0 amide bonds. The number of anilines is 1. The molecule has 4 nitrogen and oxygen atoms in total. The average Bonchev–Trinajstić information content (AvgIpc) is 2.34. The van der Waals surface area contributed by atoms with Crippen LogP contribution in [0.2, 0.25) is 0 Å². The summed E-state index contributed by atoms with van der Waals surface area (Å²) in [6.45, 7) is -0.131. The average molecular weight is 277 g/mol. The fourth-order valence-corrected chi connectivity index (χ4v) is 1.41. The van der Waals surface area contributed by atoms with Gasteiger partial charge < -0.3 is 15.2 Å². The summed E-state index contributed by atoms with van der Waals surface area (Å²) in [5, 5.41) is 0. The second-order valence-electron chi connectivity index (χ2n) is 3.78. The van der Waals surface area contributed by atoms with Crippen LogP contribution in [-0.4, -0.2) is 25.9 Å². The van der Waals surface area contributed by atoms with Gasteiger partial charge in [-0.25, -0.2) is 4.79 Å². The normalized spacial score (nSPS) is 11.2. The summed E-state index contributed by atoms with van der Waals surface area (Å²) in [5.41, 5.74) is 5.86. The van der Waals surface area contributed by atoms with Crippen molar-refractivity contribution in [3.8, 4) is 5.75 Å². The molecule has 0 aromatic heterocycles. The Kier molecular flexibility index (Phi) is 5.02. The van der Waals surface area contributed by atoms with Gasteiger partial charge in [-0.15, -0.1) is 0 Å². The number of halogens is 3. The lowest BCUT2D eigenvalue weighted by molar-refractivity contribution is -0.136. The van der Waals surface area contributed by atoms with E-state index in [1.54, 1.807) is 0 Å². The maximum atomic E-state index is 11.9. The van der Waals surface area contributed by atoms with E-state index in [1.165, 1.54) is 25.3 Å². The molecule has 0 spiro atoms. The topological polar surface area (TPSA) is 61.5 Å². The van der Waals surface area contributed by atoms with Gasteiger partial charge in [0, 0.05) is 6.42 Å². The number of nitrogen functional groups attached to an aromatic ring is 1. The molecule has 1 rings (SSSR count). The highest BCUT2D eigenvalue weighted by molar-refractivity contribution is 5.96. The largest absolute Gasteiger partial charge is 0.491 e. The van der Waals surface area contributed by atoms with Crippen LogP contribution in [0.5, 0.6) is 5.75 Å². The second kappa shape index (κ2) is 6.31. The summed E-state index contributed by atoms with van der Waals surface area (Å²) in [6.07, 6.45) is -5.31. The molecular formula is C12H14F3NO3. The van der Waals surface area contributed by atoms with Gasteiger partial charge in [-0.1, -0.05) is 6.07 Å². The van der Waals surface area contributed by atoms with Gasteiger partial charge in [0.1, 0.15) is 5.75 Å². The molecule has 0 radical (unpaired) electrons. The Morgan fingerprint density at radius 2 is 2.05 bits per heavy atom. The van der Waals surface area contributed by atoms with Crippen molar-refractivity contribution in [2.45, 2.75) is 19.0 Å². The van der Waals surface area contributed by atoms with Crippen LogP contribution in [0.1, 0.15) is 23.2 Å². The predicted octanol–water partition coefficient (Wildman–Crippen LogP) is 2.78. The van der Waals surface area contributed by atoms with E-state index in [2.05, 4.69) is 4.74 Å². The van der Waals surface area contributed by atoms with E-state index in [1.807, 2.05) is 0 Å². The molecule has 0 heterocycles. The molecule has 19 heavy (non-hydrogen) atoms. The van der Waals surface area contributed by atoms with E-state index < -0.39 is 18.6 Å². The molecule has 0 bridgehead atoms. The van der Waals surface area contributed by atoms with E-state index in [4.69, 9.17) is 10.5 Å². The van der Waals surface area contributed by atoms with Gasteiger partial charge in [-0.05, 0) is 18.6 Å². The third-order valence-electron chi connectivity index (χ3n) is 2.33. The number of carbonyl (C=O) groups is 1. The smallest absolute Gasteiger partial charge is 0.389 e. The zero-order chi connectivity index (χ0) is 14.5. The highest BCUT2D eigenvalue weighted by Crippen LogP contribution is 2.27. The molecule has 106 valence electrons. The van der Waals surface area contributed by atoms with E-state index in [9.17, 15) is 18.0 Å². The third kappa shape index (κ3) is 4.69. The quantitative estimate of drug-likeness (QED) is 0.510. The first-order valence-electron chi connectivity index (χ1n) is 5.51. The number of nitrogens with two attached hydrogens (primary N) is 1. The van der Waals surface area contributed by atoms with Crippen molar-refractivity contribution in [2.24, 2.45) is 0 Å². The van der Waals surface area contributed by atoms with E-state index in [0.717, 1.165) is 0 Å². The van der Waals surface area contributed by atoms with Crippen LogP contribution in [0.15, 0.2) is 18.2 Å². The van der Waals surface area contributed by atoms with Crippen LogP contribution in [0, 0.1) is 0 Å². The standard InChI is InChI=1S/C12H14F3NO3/c1-18-11(17)8-4-2-5-9(10(8)16)19-7-3-6-12(13,14)15/h2,4-5H,3,6-7,16H2,1H3.